The Hall–Kier alpha value is -1.26. The molecule has 1 aromatic carbocycles. The average molecular weight is 265 g/mol. The zero-order valence-corrected chi connectivity index (χ0v) is 11.3. The van der Waals surface area contributed by atoms with E-state index in [1.807, 2.05) is 19.1 Å². The quantitative estimate of drug-likeness (QED) is 0.765. The molecule has 1 aliphatic rings. The normalized spacial score (nSPS) is 18.2. The molecule has 3 nitrogen and oxygen atoms in total. The lowest BCUT2D eigenvalue weighted by molar-refractivity contribution is -0.108. The van der Waals surface area contributed by atoms with Gasteiger partial charge in [0.05, 0.1) is 13.2 Å². The monoisotopic (exact) mass is 265 g/mol. The van der Waals surface area contributed by atoms with Gasteiger partial charge in [-0.1, -0.05) is 19.1 Å². The molecule has 1 heterocycles. The second-order valence-corrected chi connectivity index (χ2v) is 5.04. The number of hydrogen-bond acceptors (Lipinski definition) is 3. The third kappa shape index (κ3) is 3.85. The third-order valence-electron chi connectivity index (χ3n) is 3.59. The molecule has 0 aromatic heterocycles. The highest BCUT2D eigenvalue weighted by Crippen LogP contribution is 2.21. The van der Waals surface area contributed by atoms with Crippen LogP contribution in [0.3, 0.4) is 0 Å². The Balaban J connectivity index is 2.03. The van der Waals surface area contributed by atoms with Gasteiger partial charge in [-0.15, -0.1) is 0 Å². The van der Waals surface area contributed by atoms with Crippen molar-refractivity contribution in [1.29, 1.82) is 0 Å². The van der Waals surface area contributed by atoms with Gasteiger partial charge in [0.15, 0.2) is 0 Å². The molecule has 1 fully saturated rings. The van der Waals surface area contributed by atoms with E-state index >= 15 is 0 Å². The predicted octanol–water partition coefficient (Wildman–Crippen LogP) is 2.35. The minimum absolute atomic E-state index is 0.0736. The third-order valence-corrected chi connectivity index (χ3v) is 3.59. The standard InChI is InChI=1S/C15H20FNO2/c1-12(4-7-18)13-2-3-14(15(16)10-13)11-17-5-8-19-9-6-17/h2-3,7,10,12H,4-6,8-9,11H2,1H3. The van der Waals surface area contributed by atoms with Crippen LogP contribution < -0.4 is 0 Å². The van der Waals surface area contributed by atoms with Crippen molar-refractivity contribution in [2.45, 2.75) is 25.8 Å². The van der Waals surface area contributed by atoms with Crippen LogP contribution in [0.15, 0.2) is 18.2 Å². The molecule has 0 radical (unpaired) electrons. The number of morpholine rings is 1. The molecule has 1 saturated heterocycles. The maximum absolute atomic E-state index is 14.1. The zero-order valence-electron chi connectivity index (χ0n) is 11.3. The molecule has 0 saturated carbocycles. The van der Waals surface area contributed by atoms with Gasteiger partial charge in [-0.3, -0.25) is 4.90 Å². The van der Waals surface area contributed by atoms with Crippen LogP contribution in [0.2, 0.25) is 0 Å². The number of aldehydes is 1. The highest BCUT2D eigenvalue weighted by molar-refractivity contribution is 5.51. The summed E-state index contributed by atoms with van der Waals surface area (Å²) in [5.74, 6) is -0.105. The van der Waals surface area contributed by atoms with Gasteiger partial charge in [-0.2, -0.15) is 0 Å². The van der Waals surface area contributed by atoms with Crippen LogP contribution in [0.1, 0.15) is 30.4 Å². The first-order chi connectivity index (χ1) is 9.20. The lowest BCUT2D eigenvalue weighted by Gasteiger charge is -2.26. The van der Waals surface area contributed by atoms with Gasteiger partial charge in [0.1, 0.15) is 12.1 Å². The van der Waals surface area contributed by atoms with Gasteiger partial charge in [0.2, 0.25) is 0 Å². The van der Waals surface area contributed by atoms with E-state index in [0.29, 0.717) is 18.5 Å². The lowest BCUT2D eigenvalue weighted by Crippen LogP contribution is -2.35. The number of hydrogen-bond donors (Lipinski definition) is 0. The van der Waals surface area contributed by atoms with E-state index in [1.54, 1.807) is 6.07 Å². The first-order valence-corrected chi connectivity index (χ1v) is 6.72. The molecule has 1 aliphatic heterocycles. The van der Waals surface area contributed by atoms with E-state index in [-0.39, 0.29) is 11.7 Å². The van der Waals surface area contributed by atoms with Crippen LogP contribution in [0.25, 0.3) is 0 Å². The van der Waals surface area contributed by atoms with Gasteiger partial charge in [0, 0.05) is 31.6 Å². The molecule has 2 rings (SSSR count). The molecular formula is C15H20FNO2. The molecule has 1 aromatic rings. The molecule has 0 amide bonds. The summed E-state index contributed by atoms with van der Waals surface area (Å²) in [6, 6.07) is 5.32. The van der Waals surface area contributed by atoms with Crippen LogP contribution in [0.4, 0.5) is 4.39 Å². The van der Waals surface area contributed by atoms with Gasteiger partial charge in [-0.25, -0.2) is 4.39 Å². The topological polar surface area (TPSA) is 29.5 Å². The number of halogens is 1. The number of nitrogens with zero attached hydrogens (tertiary/aromatic N) is 1. The number of carbonyl (C=O) groups excluding carboxylic acids is 1. The Kier molecular flexibility index (Phi) is 5.05. The fourth-order valence-electron chi connectivity index (χ4n) is 2.28. The van der Waals surface area contributed by atoms with Crippen molar-refractivity contribution in [2.75, 3.05) is 26.3 Å². The summed E-state index contributed by atoms with van der Waals surface area (Å²) in [7, 11) is 0. The maximum Gasteiger partial charge on any atom is 0.127 e. The first kappa shape index (κ1) is 14.2. The largest absolute Gasteiger partial charge is 0.379 e. The van der Waals surface area contributed by atoms with E-state index in [0.717, 1.165) is 38.2 Å². The summed E-state index contributed by atoms with van der Waals surface area (Å²) < 4.78 is 19.3. The Labute approximate surface area is 113 Å². The summed E-state index contributed by atoms with van der Waals surface area (Å²) in [4.78, 5) is 12.7. The molecular weight excluding hydrogens is 245 g/mol. The van der Waals surface area contributed by atoms with Crippen molar-refractivity contribution < 1.29 is 13.9 Å². The SMILES string of the molecule is CC(CC=O)c1ccc(CN2CCOCC2)c(F)c1. The van der Waals surface area contributed by atoms with Crippen molar-refractivity contribution in [3.63, 3.8) is 0 Å². The van der Waals surface area contributed by atoms with E-state index < -0.39 is 0 Å². The van der Waals surface area contributed by atoms with Crippen molar-refractivity contribution in [1.82, 2.24) is 4.90 Å². The summed E-state index contributed by atoms with van der Waals surface area (Å²) in [5, 5.41) is 0. The van der Waals surface area contributed by atoms with Gasteiger partial charge in [-0.05, 0) is 17.5 Å². The molecule has 1 atom stereocenters. The van der Waals surface area contributed by atoms with Crippen LogP contribution in [-0.4, -0.2) is 37.5 Å². The minimum atomic E-state index is -0.179. The summed E-state index contributed by atoms with van der Waals surface area (Å²) in [5.41, 5.74) is 1.60. The van der Waals surface area contributed by atoms with E-state index in [1.165, 1.54) is 0 Å². The van der Waals surface area contributed by atoms with Crippen LogP contribution in [-0.2, 0) is 16.1 Å². The Morgan fingerprint density at radius 2 is 2.16 bits per heavy atom. The molecule has 0 bridgehead atoms. The highest BCUT2D eigenvalue weighted by Gasteiger charge is 2.14. The second kappa shape index (κ2) is 6.78. The van der Waals surface area contributed by atoms with Crippen LogP contribution in [0, 0.1) is 5.82 Å². The average Bonchev–Trinajstić information content (AvgIpc) is 2.42. The zero-order chi connectivity index (χ0) is 13.7. The molecule has 1 unspecified atom stereocenters. The van der Waals surface area contributed by atoms with Gasteiger partial charge >= 0.3 is 0 Å². The number of ether oxygens (including phenoxy) is 1. The Morgan fingerprint density at radius 1 is 1.42 bits per heavy atom. The number of benzene rings is 1. The lowest BCUT2D eigenvalue weighted by atomic mass is 9.97. The second-order valence-electron chi connectivity index (χ2n) is 5.04. The van der Waals surface area contributed by atoms with Crippen molar-refractivity contribution >= 4 is 6.29 Å². The van der Waals surface area contributed by atoms with Crippen LogP contribution >= 0.6 is 0 Å². The molecule has 19 heavy (non-hydrogen) atoms. The molecule has 0 spiro atoms. The van der Waals surface area contributed by atoms with Crippen molar-refractivity contribution in [2.24, 2.45) is 0 Å². The van der Waals surface area contributed by atoms with Crippen molar-refractivity contribution in [3.05, 3.63) is 35.1 Å². The minimum Gasteiger partial charge on any atom is -0.379 e. The molecule has 0 aliphatic carbocycles. The fraction of sp³-hybridized carbons (Fsp3) is 0.533. The highest BCUT2D eigenvalue weighted by atomic mass is 19.1. The predicted molar refractivity (Wildman–Crippen MR) is 71.6 cm³/mol. The summed E-state index contributed by atoms with van der Waals surface area (Å²) in [6.07, 6.45) is 1.31. The summed E-state index contributed by atoms with van der Waals surface area (Å²) >= 11 is 0. The Morgan fingerprint density at radius 3 is 2.79 bits per heavy atom. The number of carbonyl (C=O) groups is 1. The number of rotatable bonds is 5. The van der Waals surface area contributed by atoms with Gasteiger partial charge in [0.25, 0.3) is 0 Å². The summed E-state index contributed by atoms with van der Waals surface area (Å²) in [6.45, 7) is 5.69. The van der Waals surface area contributed by atoms with Gasteiger partial charge < -0.3 is 9.53 Å². The fourth-order valence-corrected chi connectivity index (χ4v) is 2.28. The molecule has 104 valence electrons. The smallest absolute Gasteiger partial charge is 0.127 e. The van der Waals surface area contributed by atoms with E-state index in [9.17, 15) is 9.18 Å². The first-order valence-electron chi connectivity index (χ1n) is 6.72. The maximum atomic E-state index is 14.1. The molecule has 4 heteroatoms. The van der Waals surface area contributed by atoms with Crippen molar-refractivity contribution in [3.8, 4) is 0 Å². The van der Waals surface area contributed by atoms with Crippen LogP contribution in [0.5, 0.6) is 0 Å². The Bertz CT molecular complexity index is 430. The molecule has 0 N–H and O–H groups in total. The van der Waals surface area contributed by atoms with E-state index in [4.69, 9.17) is 4.74 Å². The van der Waals surface area contributed by atoms with E-state index in [2.05, 4.69) is 4.90 Å².